The maximum atomic E-state index is 8.36. The molecule has 0 spiro atoms. The zero-order valence-corrected chi connectivity index (χ0v) is 15.4. The lowest BCUT2D eigenvalue weighted by molar-refractivity contribution is -0.742. The van der Waals surface area contributed by atoms with E-state index in [1.165, 1.54) is 36.2 Å². The van der Waals surface area contributed by atoms with Crippen LogP contribution >= 0.6 is 7.92 Å². The largest absolute Gasteiger partial charge is 0.328 e. The summed E-state index contributed by atoms with van der Waals surface area (Å²) in [6.45, 7) is 0. The van der Waals surface area contributed by atoms with E-state index >= 15 is 0 Å². The second-order valence-corrected chi connectivity index (χ2v) is 10.6. The van der Waals surface area contributed by atoms with Crippen LogP contribution in [0.2, 0.25) is 0 Å². The van der Waals surface area contributed by atoms with Crippen molar-refractivity contribution in [3.63, 3.8) is 0 Å². The first-order chi connectivity index (χ1) is 11.2. The van der Waals surface area contributed by atoms with Crippen LogP contribution < -0.4 is 0 Å². The maximum Gasteiger partial charge on any atom is 0.291 e. The zero-order chi connectivity index (χ0) is 16.5. The summed E-state index contributed by atoms with van der Waals surface area (Å²) in [5.41, 5.74) is 3.57. The van der Waals surface area contributed by atoms with Crippen molar-refractivity contribution < 1.29 is 10.3 Å². The minimum atomic E-state index is -1.50. The van der Waals surface area contributed by atoms with Crippen molar-refractivity contribution in [1.82, 2.24) is 0 Å². The van der Waals surface area contributed by atoms with Gasteiger partial charge in [0.2, 0.25) is 0 Å². The Morgan fingerprint density at radius 1 is 0.652 bits per heavy atom. The Morgan fingerprint density at radius 2 is 0.870 bits per heavy atom. The van der Waals surface area contributed by atoms with Gasteiger partial charge in [0.05, 0.1) is 0 Å². The van der Waals surface area contributed by atoms with E-state index in [2.05, 4.69) is 0 Å². The van der Waals surface area contributed by atoms with Crippen LogP contribution in [0.15, 0.2) is 0 Å². The first-order valence-electron chi connectivity index (χ1n) is 9.79. The summed E-state index contributed by atoms with van der Waals surface area (Å²) < 4.78 is 0. The fraction of sp³-hybridized carbons (Fsp3) is 1.00. The number of hydrogen-bond acceptors (Lipinski definition) is 2. The van der Waals surface area contributed by atoms with E-state index in [-0.39, 0.29) is 0 Å². The Hall–Kier alpha value is -0.370. The van der Waals surface area contributed by atoms with Crippen molar-refractivity contribution in [3.05, 3.63) is 10.1 Å². The predicted molar refractivity (Wildman–Crippen MR) is 96.3 cm³/mol. The van der Waals surface area contributed by atoms with E-state index < -0.39 is 5.09 Å². The monoisotopic (exact) mass is 343 g/mol. The second-order valence-electron chi connectivity index (χ2n) is 7.56. The van der Waals surface area contributed by atoms with Gasteiger partial charge in [-0.25, -0.2) is 0 Å². The smallest absolute Gasteiger partial charge is 0.291 e. The summed E-state index contributed by atoms with van der Waals surface area (Å²) in [5, 5.41) is 13.6. The van der Waals surface area contributed by atoms with Gasteiger partial charge in [0.25, 0.3) is 5.09 Å². The Labute approximate surface area is 142 Å². The molecule has 0 saturated heterocycles. The van der Waals surface area contributed by atoms with E-state index in [1.807, 2.05) is 0 Å². The molecule has 0 atom stereocenters. The van der Waals surface area contributed by atoms with Gasteiger partial charge >= 0.3 is 0 Å². The summed E-state index contributed by atoms with van der Waals surface area (Å²) in [4.78, 5) is 8.36. The van der Waals surface area contributed by atoms with Crippen molar-refractivity contribution in [2.24, 2.45) is 0 Å². The maximum absolute atomic E-state index is 8.36. The molecular formula is C18H34NO3P. The molecule has 0 heterocycles. The van der Waals surface area contributed by atoms with E-state index in [9.17, 15) is 0 Å². The predicted octanol–water partition coefficient (Wildman–Crippen LogP) is 6.12. The molecule has 0 unspecified atom stereocenters. The normalized spacial score (nSPS) is 24.9. The van der Waals surface area contributed by atoms with Crippen molar-refractivity contribution >= 4 is 7.92 Å². The van der Waals surface area contributed by atoms with Gasteiger partial charge in [-0.05, 0) is 55.5 Å². The van der Waals surface area contributed by atoms with Crippen molar-refractivity contribution in [1.29, 1.82) is 0 Å². The Kier molecular flexibility index (Phi) is 8.64. The molecule has 23 heavy (non-hydrogen) atoms. The molecule has 0 radical (unpaired) electrons. The summed E-state index contributed by atoms with van der Waals surface area (Å²) in [7, 11) is 0.385. The van der Waals surface area contributed by atoms with Crippen LogP contribution in [0.4, 0.5) is 0 Å². The van der Waals surface area contributed by atoms with E-state index in [0.29, 0.717) is 7.92 Å². The quantitative estimate of drug-likeness (QED) is 0.381. The van der Waals surface area contributed by atoms with Crippen LogP contribution in [-0.2, 0) is 0 Å². The van der Waals surface area contributed by atoms with Gasteiger partial charge in [0.15, 0.2) is 0 Å². The highest BCUT2D eigenvalue weighted by molar-refractivity contribution is 7.59. The first kappa shape index (κ1) is 19.0. The molecule has 5 heteroatoms. The third kappa shape index (κ3) is 6.57. The summed E-state index contributed by atoms with van der Waals surface area (Å²) >= 11 is 0. The molecule has 3 aliphatic rings. The highest BCUT2D eigenvalue weighted by Gasteiger charge is 2.36. The molecule has 0 aliphatic heterocycles. The van der Waals surface area contributed by atoms with Gasteiger partial charge in [0, 0.05) is 0 Å². The van der Waals surface area contributed by atoms with Gasteiger partial charge in [-0.3, -0.25) is 0 Å². The minimum absolute atomic E-state index is 0.385. The molecule has 1 N–H and O–H groups in total. The standard InChI is InChI=1S/C18H33P.HNO3/c1-4-10-16(11-5-1)19(17-12-6-2-7-13-17)18-14-8-3-9-15-18;2-1(3)4/h16-18H,1-15H2;(H,2,3,4). The highest BCUT2D eigenvalue weighted by atomic mass is 31.1. The summed E-state index contributed by atoms with van der Waals surface area (Å²) in [6, 6.07) is 0. The number of rotatable bonds is 3. The highest BCUT2D eigenvalue weighted by Crippen LogP contribution is 2.61. The van der Waals surface area contributed by atoms with Crippen LogP contribution in [0.25, 0.3) is 0 Å². The third-order valence-electron chi connectivity index (χ3n) is 5.99. The van der Waals surface area contributed by atoms with Crippen molar-refractivity contribution in [3.8, 4) is 0 Å². The van der Waals surface area contributed by atoms with Crippen molar-refractivity contribution in [2.75, 3.05) is 0 Å². The van der Waals surface area contributed by atoms with E-state index in [0.717, 1.165) is 0 Å². The average Bonchev–Trinajstić information content (AvgIpc) is 2.58. The van der Waals surface area contributed by atoms with Gasteiger partial charge < -0.3 is 5.21 Å². The lowest BCUT2D eigenvalue weighted by atomic mass is 9.99. The van der Waals surface area contributed by atoms with E-state index in [1.54, 1.807) is 77.0 Å². The molecule has 0 aromatic heterocycles. The van der Waals surface area contributed by atoms with Crippen LogP contribution in [0.1, 0.15) is 96.3 Å². The third-order valence-corrected chi connectivity index (χ3v) is 10.1. The lowest BCUT2D eigenvalue weighted by Gasteiger charge is -2.44. The Balaban J connectivity index is 0.000000433. The zero-order valence-electron chi connectivity index (χ0n) is 14.5. The fourth-order valence-corrected chi connectivity index (χ4v) is 9.71. The van der Waals surface area contributed by atoms with Crippen molar-refractivity contribution in [2.45, 2.75) is 113 Å². The molecule has 0 bridgehead atoms. The Bertz CT molecular complexity index is 288. The van der Waals surface area contributed by atoms with Gasteiger partial charge in [-0.15, -0.1) is 10.1 Å². The van der Waals surface area contributed by atoms with Crippen LogP contribution in [0.3, 0.4) is 0 Å². The van der Waals surface area contributed by atoms with Gasteiger partial charge in [0.1, 0.15) is 0 Å². The molecule has 0 aromatic carbocycles. The van der Waals surface area contributed by atoms with Crippen LogP contribution in [0, 0.1) is 10.1 Å². The van der Waals surface area contributed by atoms with Crippen LogP contribution in [-0.4, -0.2) is 27.3 Å². The van der Waals surface area contributed by atoms with E-state index in [4.69, 9.17) is 15.3 Å². The number of nitrogens with zero attached hydrogens (tertiary/aromatic N) is 1. The molecule has 3 aliphatic carbocycles. The molecule has 3 fully saturated rings. The lowest BCUT2D eigenvalue weighted by Crippen LogP contribution is -2.28. The Morgan fingerprint density at radius 3 is 1.09 bits per heavy atom. The minimum Gasteiger partial charge on any atom is -0.328 e. The second kappa shape index (κ2) is 10.5. The molecule has 0 amide bonds. The first-order valence-corrected chi connectivity index (χ1v) is 11.3. The summed E-state index contributed by atoms with van der Waals surface area (Å²) in [6.07, 6.45) is 23.6. The molecule has 3 rings (SSSR count). The molecule has 0 aromatic rings. The van der Waals surface area contributed by atoms with Gasteiger partial charge in [-0.2, -0.15) is 0 Å². The summed E-state index contributed by atoms with van der Waals surface area (Å²) in [5.74, 6) is 0. The SMILES string of the molecule is C1CCC(P(C2CCCCC2)C2CCCCC2)CC1.O=[N+]([O-])O. The molecule has 3 saturated carbocycles. The number of hydrogen-bond donors (Lipinski definition) is 1. The fourth-order valence-electron chi connectivity index (χ4n) is 5.03. The topological polar surface area (TPSA) is 63.4 Å². The molecule has 4 nitrogen and oxygen atoms in total. The molecule has 134 valence electrons. The van der Waals surface area contributed by atoms with Gasteiger partial charge in [-0.1, -0.05) is 65.7 Å². The molecular weight excluding hydrogens is 309 g/mol. The van der Waals surface area contributed by atoms with Crippen LogP contribution in [0.5, 0.6) is 0 Å². The average molecular weight is 343 g/mol.